The Morgan fingerprint density at radius 1 is 1.75 bits per heavy atom. The van der Waals surface area contributed by atoms with Gasteiger partial charge in [0.25, 0.3) is 0 Å². The quantitative estimate of drug-likeness (QED) is 0.430. The summed E-state index contributed by atoms with van der Waals surface area (Å²) in [5, 5.41) is 0. The van der Waals surface area contributed by atoms with Crippen LogP contribution in [0.3, 0.4) is 0 Å². The molecule has 0 amide bonds. The normalized spacial score (nSPS) is 9.25. The Morgan fingerprint density at radius 2 is 2.00 bits per heavy atom. The van der Waals surface area contributed by atoms with E-state index in [4.69, 9.17) is 5.73 Å². The van der Waals surface area contributed by atoms with E-state index >= 15 is 0 Å². The van der Waals surface area contributed by atoms with E-state index in [0.29, 0.717) is 0 Å². The number of allylic oxidation sites excluding steroid dienone is 1. The average Bonchev–Trinajstić information content (AvgIpc) is 1.37. The predicted octanol–water partition coefficient (Wildman–Crippen LogP) is 0.479. The highest BCUT2D eigenvalue weighted by Crippen LogP contribution is 1.47. The molecule has 0 bridgehead atoms. The molecule has 0 fully saturated rings. The van der Waals surface area contributed by atoms with Gasteiger partial charge in [-0.3, -0.25) is 0 Å². The molecule has 1 heteroatoms. The predicted molar refractivity (Wildman–Crippen MR) is 19.0 cm³/mol. The van der Waals surface area contributed by atoms with Crippen molar-refractivity contribution in [2.45, 2.75) is 6.92 Å². The number of hydrogen-bond acceptors (Lipinski definition) is 1. The van der Waals surface area contributed by atoms with Crippen LogP contribution in [0, 0.1) is 0 Å². The Kier molecular flexibility index (Phi) is 2.25. The lowest BCUT2D eigenvalue weighted by Gasteiger charge is -1.53. The molecular formula is C3H7N. The molecule has 0 unspecified atom stereocenters. The minimum Gasteiger partial charge on any atom is -0.405 e. The van der Waals surface area contributed by atoms with Gasteiger partial charge in [-0.25, -0.2) is 0 Å². The van der Waals surface area contributed by atoms with Gasteiger partial charge < -0.3 is 5.73 Å². The van der Waals surface area contributed by atoms with E-state index in [1.165, 1.54) is 6.20 Å². The molecule has 0 saturated heterocycles. The fourth-order valence-electron chi connectivity index (χ4n) is 0. The second-order valence-electron chi connectivity index (χ2n) is 0.526. The Hall–Kier alpha value is -0.460. The van der Waals surface area contributed by atoms with Crippen molar-refractivity contribution in [3.05, 3.63) is 12.3 Å². The largest absolute Gasteiger partial charge is 0.405 e. The van der Waals surface area contributed by atoms with E-state index in [0.717, 1.165) is 0 Å². The van der Waals surface area contributed by atoms with E-state index in [2.05, 4.69) is 0 Å². The van der Waals surface area contributed by atoms with Crippen LogP contribution < -0.4 is 5.73 Å². The molecule has 0 radical (unpaired) electrons. The maximum Gasteiger partial charge on any atom is -0.0106 e. The first-order valence-corrected chi connectivity index (χ1v) is 1.24. The van der Waals surface area contributed by atoms with Gasteiger partial charge in [0, 0.05) is 0 Å². The molecule has 2 N–H and O–H groups in total. The Bertz CT molecular complexity index is 18.5. The van der Waals surface area contributed by atoms with Crippen LogP contribution in [0.1, 0.15) is 6.92 Å². The Balaban J connectivity index is 2.55. The van der Waals surface area contributed by atoms with Gasteiger partial charge in [-0.1, -0.05) is 6.08 Å². The van der Waals surface area contributed by atoms with Crippen molar-refractivity contribution < 1.29 is 0 Å². The minimum atomic E-state index is 1.50. The molecule has 0 aromatic heterocycles. The summed E-state index contributed by atoms with van der Waals surface area (Å²) in [7, 11) is 0. The molecular weight excluding hydrogens is 50.0 g/mol. The van der Waals surface area contributed by atoms with Crippen molar-refractivity contribution in [2.24, 2.45) is 5.73 Å². The zero-order valence-electron chi connectivity index (χ0n) is 2.73. The molecule has 0 aliphatic rings. The van der Waals surface area contributed by atoms with Crippen LogP contribution in [-0.4, -0.2) is 0 Å². The highest BCUT2D eigenvalue weighted by molar-refractivity contribution is 4.66. The lowest BCUT2D eigenvalue weighted by atomic mass is 10.7. The fraction of sp³-hybridized carbons (Fsp3) is 0.333. The Labute approximate surface area is 26.1 Å². The van der Waals surface area contributed by atoms with E-state index in [1.54, 1.807) is 6.08 Å². The molecule has 0 saturated carbocycles. The van der Waals surface area contributed by atoms with Crippen LogP contribution in [0.2, 0.25) is 0 Å². The van der Waals surface area contributed by atoms with Gasteiger partial charge in [-0.15, -0.1) is 0 Å². The van der Waals surface area contributed by atoms with Crippen LogP contribution in [-0.2, 0) is 0 Å². The summed E-state index contributed by atoms with van der Waals surface area (Å²) in [5.74, 6) is 0. The van der Waals surface area contributed by atoms with E-state index < -0.39 is 0 Å². The van der Waals surface area contributed by atoms with Crippen LogP contribution >= 0.6 is 0 Å². The van der Waals surface area contributed by atoms with Gasteiger partial charge in [0.05, 0.1) is 0 Å². The molecule has 0 aromatic carbocycles. The molecule has 0 rings (SSSR count). The summed E-state index contributed by atoms with van der Waals surface area (Å²) in [5.41, 5.74) is 4.85. The summed E-state index contributed by atoms with van der Waals surface area (Å²) in [6.07, 6.45) is 3.28. The van der Waals surface area contributed by atoms with E-state index in [-0.39, 0.29) is 0 Å². The number of rotatable bonds is 0. The second kappa shape index (κ2) is 2.54. The summed E-state index contributed by atoms with van der Waals surface area (Å²) in [4.78, 5) is 0. The maximum atomic E-state index is 4.85. The first-order valence-electron chi connectivity index (χ1n) is 1.24. The van der Waals surface area contributed by atoms with Crippen molar-refractivity contribution in [3.8, 4) is 0 Å². The third kappa shape index (κ3) is 1.54. The average molecular weight is 57.1 g/mol. The lowest BCUT2D eigenvalue weighted by Crippen LogP contribution is -1.70. The Morgan fingerprint density at radius 3 is 2.00 bits per heavy atom. The first-order chi connectivity index (χ1) is 1.91. The number of hydrogen-bond donors (Lipinski definition) is 1. The summed E-state index contributed by atoms with van der Waals surface area (Å²) < 4.78 is 0. The van der Waals surface area contributed by atoms with Crippen molar-refractivity contribution in [2.75, 3.05) is 0 Å². The SMILES string of the molecule is C/C=C/N. The zero-order valence-corrected chi connectivity index (χ0v) is 2.73. The number of nitrogens with two attached hydrogens (primary N) is 1. The second-order valence-corrected chi connectivity index (χ2v) is 0.526. The molecule has 0 atom stereocenters. The van der Waals surface area contributed by atoms with Crippen LogP contribution in [0.15, 0.2) is 12.3 Å². The maximum absolute atomic E-state index is 4.85. The topological polar surface area (TPSA) is 26.0 Å². The van der Waals surface area contributed by atoms with E-state index in [9.17, 15) is 0 Å². The summed E-state index contributed by atoms with van der Waals surface area (Å²) in [6, 6.07) is 0. The van der Waals surface area contributed by atoms with Crippen molar-refractivity contribution in [1.82, 2.24) is 0 Å². The summed E-state index contributed by atoms with van der Waals surface area (Å²) >= 11 is 0. The van der Waals surface area contributed by atoms with Crippen LogP contribution in [0.5, 0.6) is 0 Å². The van der Waals surface area contributed by atoms with Gasteiger partial charge in [0.2, 0.25) is 0 Å². The monoisotopic (exact) mass is 57.1 g/mol. The molecule has 24 valence electrons. The van der Waals surface area contributed by atoms with Crippen molar-refractivity contribution in [1.29, 1.82) is 0 Å². The highest BCUT2D eigenvalue weighted by atomic mass is 14.5. The molecule has 0 aromatic rings. The molecule has 0 heterocycles. The van der Waals surface area contributed by atoms with Gasteiger partial charge in [0.15, 0.2) is 0 Å². The van der Waals surface area contributed by atoms with Gasteiger partial charge in [-0.05, 0) is 13.1 Å². The van der Waals surface area contributed by atoms with Gasteiger partial charge in [-0.2, -0.15) is 0 Å². The third-order valence-corrected chi connectivity index (χ3v) is 0.192. The molecule has 0 aliphatic carbocycles. The third-order valence-electron chi connectivity index (χ3n) is 0.192. The van der Waals surface area contributed by atoms with E-state index in [1.807, 2.05) is 6.92 Å². The lowest BCUT2D eigenvalue weighted by molar-refractivity contribution is 1.55. The van der Waals surface area contributed by atoms with Gasteiger partial charge >= 0.3 is 0 Å². The van der Waals surface area contributed by atoms with Gasteiger partial charge in [0.1, 0.15) is 0 Å². The van der Waals surface area contributed by atoms with Crippen molar-refractivity contribution >= 4 is 0 Å². The first kappa shape index (κ1) is 3.54. The van der Waals surface area contributed by atoms with Crippen LogP contribution in [0.4, 0.5) is 0 Å². The smallest absolute Gasteiger partial charge is 0.0106 e. The zero-order chi connectivity index (χ0) is 3.41. The van der Waals surface area contributed by atoms with Crippen molar-refractivity contribution in [3.63, 3.8) is 0 Å². The molecule has 0 spiro atoms. The molecule has 0 aliphatic heterocycles. The molecule has 1 nitrogen and oxygen atoms in total. The highest BCUT2D eigenvalue weighted by Gasteiger charge is 1.32. The molecule has 4 heavy (non-hydrogen) atoms. The minimum absolute atomic E-state index is 1.50. The fourth-order valence-corrected chi connectivity index (χ4v) is 0. The summed E-state index contributed by atoms with van der Waals surface area (Å²) in [6.45, 7) is 1.88. The van der Waals surface area contributed by atoms with Crippen LogP contribution in [0.25, 0.3) is 0 Å². The standard InChI is InChI=1S/C3H7N/c1-2-3-4/h2-3H,4H2,1H3/b3-2+.